The van der Waals surface area contributed by atoms with Crippen LogP contribution in [0.25, 0.3) is 10.4 Å². The third-order valence-electron chi connectivity index (χ3n) is 4.90. The zero-order chi connectivity index (χ0) is 25.1. The highest BCUT2D eigenvalue weighted by molar-refractivity contribution is 7.49. The number of anilines is 1. The second-order valence-electron chi connectivity index (χ2n) is 7.85. The maximum atomic E-state index is 13.3. The van der Waals surface area contributed by atoms with Crippen LogP contribution in [0.3, 0.4) is 0 Å². The lowest BCUT2D eigenvalue weighted by Crippen LogP contribution is -2.44. The van der Waals surface area contributed by atoms with E-state index in [0.717, 1.165) is 4.57 Å². The van der Waals surface area contributed by atoms with E-state index in [1.54, 1.807) is 26.0 Å². The molecule has 1 aliphatic rings. The van der Waals surface area contributed by atoms with Gasteiger partial charge in [-0.3, -0.25) is 13.6 Å². The average molecular weight is 515 g/mol. The quantitative estimate of drug-likeness (QED) is 0.219. The van der Waals surface area contributed by atoms with Crippen molar-refractivity contribution in [3.05, 3.63) is 62.5 Å². The normalized spacial score (nSPS) is 26.1. The number of aliphatic hydroxyl groups is 1. The summed E-state index contributed by atoms with van der Waals surface area (Å²) in [5.74, 6) is 0.0472. The highest BCUT2D eigenvalue weighted by Crippen LogP contribution is 2.53. The van der Waals surface area contributed by atoms with E-state index in [0.29, 0.717) is 0 Å². The second-order valence-corrected chi connectivity index (χ2v) is 9.80. The van der Waals surface area contributed by atoms with Gasteiger partial charge in [0, 0.05) is 11.1 Å². The SMILES string of the molecule is CC(C)OP(=O)(OC[C@H]1O[C@@H](n2ccc(N)nc2=O)[C@](C)(N=[N+]=[N-])[C@@H]1O)Oc1ccccc1Cl. The molecular weight excluding hydrogens is 491 g/mol. The number of halogens is 1. The van der Waals surface area contributed by atoms with Gasteiger partial charge in [0.2, 0.25) is 0 Å². The number of para-hydroxylation sites is 1. The summed E-state index contributed by atoms with van der Waals surface area (Å²) in [6.07, 6.45) is -3.18. The molecule has 0 radical (unpaired) electrons. The van der Waals surface area contributed by atoms with Crippen molar-refractivity contribution in [1.29, 1.82) is 0 Å². The van der Waals surface area contributed by atoms with E-state index in [4.69, 9.17) is 41.2 Å². The van der Waals surface area contributed by atoms with Crippen LogP contribution in [0, 0.1) is 0 Å². The zero-order valence-electron chi connectivity index (χ0n) is 18.5. The number of nitrogens with zero attached hydrogens (tertiary/aromatic N) is 5. The molecule has 1 aromatic carbocycles. The number of nitrogen functional groups attached to an aromatic ring is 1. The molecule has 3 rings (SSSR count). The van der Waals surface area contributed by atoms with Crippen molar-refractivity contribution in [2.75, 3.05) is 12.3 Å². The highest BCUT2D eigenvalue weighted by Gasteiger charge is 2.55. The number of hydrogen-bond donors (Lipinski definition) is 2. The summed E-state index contributed by atoms with van der Waals surface area (Å²) in [5.41, 5.74) is 12.2. The molecule has 1 aromatic heterocycles. The Morgan fingerprint density at radius 3 is 2.76 bits per heavy atom. The summed E-state index contributed by atoms with van der Waals surface area (Å²) in [4.78, 5) is 18.8. The fourth-order valence-corrected chi connectivity index (χ4v) is 4.96. The Morgan fingerprint density at radius 2 is 2.15 bits per heavy atom. The van der Waals surface area contributed by atoms with Crippen LogP contribution in [0.2, 0.25) is 5.02 Å². The van der Waals surface area contributed by atoms with E-state index in [1.165, 1.54) is 31.3 Å². The molecule has 184 valence electrons. The molecule has 2 heterocycles. The van der Waals surface area contributed by atoms with Crippen LogP contribution < -0.4 is 15.9 Å². The molecular formula is C19H24ClN6O7P. The summed E-state index contributed by atoms with van der Waals surface area (Å²) in [6.45, 7) is 4.15. The first-order valence-electron chi connectivity index (χ1n) is 10.1. The summed E-state index contributed by atoms with van der Waals surface area (Å²) in [7, 11) is -4.24. The maximum absolute atomic E-state index is 13.3. The van der Waals surface area contributed by atoms with Crippen LogP contribution in [0.15, 0.2) is 46.4 Å². The Morgan fingerprint density at radius 1 is 1.44 bits per heavy atom. The number of hydrogen-bond acceptors (Lipinski definition) is 10. The molecule has 0 aliphatic carbocycles. The van der Waals surface area contributed by atoms with Gasteiger partial charge in [0.05, 0.1) is 23.8 Å². The Bertz CT molecular complexity index is 1190. The first-order chi connectivity index (χ1) is 16.0. The molecule has 1 saturated heterocycles. The second kappa shape index (κ2) is 10.3. The predicted molar refractivity (Wildman–Crippen MR) is 122 cm³/mol. The minimum absolute atomic E-state index is 0.0198. The first-order valence-corrected chi connectivity index (χ1v) is 11.9. The van der Waals surface area contributed by atoms with Crippen molar-refractivity contribution < 1.29 is 28.0 Å². The molecule has 0 spiro atoms. The fraction of sp³-hybridized carbons (Fsp3) is 0.474. The smallest absolute Gasteiger partial charge is 0.402 e. The summed E-state index contributed by atoms with van der Waals surface area (Å²) in [6, 6.07) is 7.66. The van der Waals surface area contributed by atoms with Crippen LogP contribution in [0.1, 0.15) is 27.0 Å². The molecule has 13 nitrogen and oxygen atoms in total. The summed E-state index contributed by atoms with van der Waals surface area (Å²) >= 11 is 6.09. The Balaban J connectivity index is 1.87. The monoisotopic (exact) mass is 514 g/mol. The van der Waals surface area contributed by atoms with E-state index in [9.17, 15) is 14.5 Å². The summed E-state index contributed by atoms with van der Waals surface area (Å²) in [5, 5.41) is 14.8. The lowest BCUT2D eigenvalue weighted by atomic mass is 9.93. The van der Waals surface area contributed by atoms with E-state index >= 15 is 0 Å². The lowest BCUT2D eigenvalue weighted by molar-refractivity contribution is -0.0494. The summed E-state index contributed by atoms with van der Waals surface area (Å²) < 4.78 is 36.5. The van der Waals surface area contributed by atoms with Crippen LogP contribution >= 0.6 is 19.4 Å². The molecule has 0 amide bonds. The third-order valence-corrected chi connectivity index (χ3v) is 6.78. The van der Waals surface area contributed by atoms with Gasteiger partial charge in [-0.2, -0.15) is 4.98 Å². The highest BCUT2D eigenvalue weighted by atomic mass is 35.5. The number of aliphatic hydroxyl groups excluding tert-OH is 1. The number of rotatable bonds is 9. The largest absolute Gasteiger partial charge is 0.530 e. The standard InChI is InChI=1S/C19H24ClN6O7P/c1-11(2)32-34(29,33-13-7-5-4-6-12(13)20)30-10-14-16(27)19(3,24-25-22)17(31-14)26-9-8-15(21)23-18(26)28/h4-9,11,14,16-17,27H,10H2,1-3H3,(H2,21,23,28)/t14-,16-,17-,19-,34?/m1/s1. The van der Waals surface area contributed by atoms with Crippen molar-refractivity contribution in [3.63, 3.8) is 0 Å². The molecule has 3 N–H and O–H groups in total. The van der Waals surface area contributed by atoms with Crippen LogP contribution in [0.4, 0.5) is 5.82 Å². The molecule has 34 heavy (non-hydrogen) atoms. The molecule has 1 aliphatic heterocycles. The van der Waals surface area contributed by atoms with Crippen molar-refractivity contribution in [2.24, 2.45) is 5.11 Å². The van der Waals surface area contributed by atoms with Crippen LogP contribution in [0.5, 0.6) is 5.75 Å². The van der Waals surface area contributed by atoms with Crippen molar-refractivity contribution in [1.82, 2.24) is 9.55 Å². The molecule has 1 fully saturated rings. The van der Waals surface area contributed by atoms with E-state index in [-0.39, 0.29) is 16.6 Å². The van der Waals surface area contributed by atoms with Crippen LogP contribution in [-0.4, -0.2) is 45.1 Å². The van der Waals surface area contributed by atoms with Gasteiger partial charge in [-0.25, -0.2) is 9.36 Å². The number of ether oxygens (including phenoxy) is 1. The van der Waals surface area contributed by atoms with Gasteiger partial charge in [0.1, 0.15) is 23.2 Å². The first kappa shape index (κ1) is 26.0. The third kappa shape index (κ3) is 5.53. The topological polar surface area (TPSA) is 184 Å². The Hall–Kier alpha value is -2.63. The molecule has 0 saturated carbocycles. The number of aromatic nitrogens is 2. The van der Waals surface area contributed by atoms with Crippen LogP contribution in [-0.2, 0) is 18.3 Å². The predicted octanol–water partition coefficient (Wildman–Crippen LogP) is 3.43. The number of nitrogens with two attached hydrogens (primary N) is 1. The fourth-order valence-electron chi connectivity index (χ4n) is 3.33. The Labute approximate surface area is 199 Å². The number of azide groups is 1. The molecule has 1 unspecified atom stereocenters. The van der Waals surface area contributed by atoms with Gasteiger partial charge >= 0.3 is 13.5 Å². The molecule has 15 heteroatoms. The average Bonchev–Trinajstić information content (AvgIpc) is 2.99. The number of benzene rings is 1. The molecule has 2 aromatic rings. The van der Waals surface area contributed by atoms with Crippen molar-refractivity contribution >= 4 is 25.2 Å². The van der Waals surface area contributed by atoms with Gasteiger partial charge in [0.15, 0.2) is 6.23 Å². The lowest BCUT2D eigenvalue weighted by Gasteiger charge is -2.28. The van der Waals surface area contributed by atoms with Crippen molar-refractivity contribution in [3.8, 4) is 5.75 Å². The van der Waals surface area contributed by atoms with Gasteiger partial charge < -0.3 is 20.1 Å². The Kier molecular flexibility index (Phi) is 7.89. The van der Waals surface area contributed by atoms with Gasteiger partial charge in [-0.15, -0.1) is 0 Å². The van der Waals surface area contributed by atoms with E-state index in [2.05, 4.69) is 15.0 Å². The minimum atomic E-state index is -4.24. The zero-order valence-corrected chi connectivity index (χ0v) is 20.2. The number of phosphoric acid groups is 1. The van der Waals surface area contributed by atoms with Gasteiger partial charge in [0.25, 0.3) is 0 Å². The van der Waals surface area contributed by atoms with E-state index < -0.39 is 50.2 Å². The van der Waals surface area contributed by atoms with E-state index in [1.807, 2.05) is 0 Å². The maximum Gasteiger partial charge on any atom is 0.530 e. The van der Waals surface area contributed by atoms with Gasteiger partial charge in [-0.05, 0) is 44.5 Å². The van der Waals surface area contributed by atoms with Crippen molar-refractivity contribution in [2.45, 2.75) is 50.8 Å². The number of phosphoric ester groups is 1. The molecule has 5 atom stereocenters. The molecule has 0 bridgehead atoms. The van der Waals surface area contributed by atoms with Gasteiger partial charge in [-0.1, -0.05) is 28.8 Å². The minimum Gasteiger partial charge on any atom is -0.402 e.